The number of hydrogen-bond donors (Lipinski definition) is 1. The van der Waals surface area contributed by atoms with E-state index in [1.165, 1.54) is 12.1 Å². The van der Waals surface area contributed by atoms with E-state index in [9.17, 15) is 13.6 Å². The summed E-state index contributed by atoms with van der Waals surface area (Å²) in [7, 11) is 0. The second-order valence-corrected chi connectivity index (χ2v) is 6.53. The van der Waals surface area contributed by atoms with Crippen LogP contribution in [0.5, 0.6) is 0 Å². The number of aromatic nitrogens is 3. The summed E-state index contributed by atoms with van der Waals surface area (Å²) < 4.78 is 28.6. The van der Waals surface area contributed by atoms with Crippen molar-refractivity contribution in [2.75, 3.05) is 5.32 Å². The molecule has 7 heteroatoms. The van der Waals surface area contributed by atoms with Gasteiger partial charge < -0.3 is 5.32 Å². The Balaban J connectivity index is 1.67. The Morgan fingerprint density at radius 3 is 2.50 bits per heavy atom. The van der Waals surface area contributed by atoms with E-state index in [2.05, 4.69) is 15.5 Å². The molecule has 0 spiro atoms. The lowest BCUT2D eigenvalue weighted by Crippen LogP contribution is -2.13. The Bertz CT molecular complexity index is 1200. The first-order valence-electron chi connectivity index (χ1n) is 8.61. The minimum absolute atomic E-state index is 0.262. The molecule has 0 aliphatic rings. The number of carbonyl (C=O) groups excluding carboxylic acids is 1. The van der Waals surface area contributed by atoms with Crippen LogP contribution < -0.4 is 5.32 Å². The quantitative estimate of drug-likeness (QED) is 0.569. The summed E-state index contributed by atoms with van der Waals surface area (Å²) >= 11 is 0. The molecule has 4 rings (SSSR count). The van der Waals surface area contributed by atoms with Crippen molar-refractivity contribution in [3.63, 3.8) is 0 Å². The summed E-state index contributed by atoms with van der Waals surface area (Å²) in [5.41, 5.74) is 3.87. The SMILES string of the molecule is Cc1cccc(NC(=O)c2ccn3c(-c4cc(F)cc(F)c4)nnc3c2)c1C. The third-order valence-electron chi connectivity index (χ3n) is 4.65. The molecular formula is C21H16F2N4O. The molecule has 0 saturated carbocycles. The van der Waals surface area contributed by atoms with Gasteiger partial charge in [0.2, 0.25) is 0 Å². The number of hydrogen-bond acceptors (Lipinski definition) is 3. The maximum Gasteiger partial charge on any atom is 0.255 e. The zero-order valence-corrected chi connectivity index (χ0v) is 15.2. The number of fused-ring (bicyclic) bond motifs is 1. The molecule has 1 amide bonds. The largest absolute Gasteiger partial charge is 0.322 e. The van der Waals surface area contributed by atoms with Crippen LogP contribution in [-0.2, 0) is 0 Å². The van der Waals surface area contributed by atoms with Crippen molar-refractivity contribution in [1.82, 2.24) is 14.6 Å². The topological polar surface area (TPSA) is 59.3 Å². The highest BCUT2D eigenvalue weighted by molar-refractivity contribution is 6.05. The predicted molar refractivity (Wildman–Crippen MR) is 102 cm³/mol. The lowest BCUT2D eigenvalue weighted by atomic mass is 10.1. The first-order valence-corrected chi connectivity index (χ1v) is 8.61. The van der Waals surface area contributed by atoms with Crippen molar-refractivity contribution < 1.29 is 13.6 Å². The molecule has 0 fully saturated rings. The molecule has 0 aliphatic carbocycles. The Kier molecular flexibility index (Phi) is 4.35. The van der Waals surface area contributed by atoms with Crippen LogP contribution in [0.25, 0.3) is 17.0 Å². The highest BCUT2D eigenvalue weighted by Gasteiger charge is 2.14. The molecule has 4 aromatic rings. The fourth-order valence-electron chi connectivity index (χ4n) is 2.99. The van der Waals surface area contributed by atoms with E-state index in [0.717, 1.165) is 22.9 Å². The van der Waals surface area contributed by atoms with Gasteiger partial charge in [0.15, 0.2) is 11.5 Å². The fraction of sp³-hybridized carbons (Fsp3) is 0.0952. The smallest absolute Gasteiger partial charge is 0.255 e. The van der Waals surface area contributed by atoms with Crippen LogP contribution in [0.2, 0.25) is 0 Å². The Morgan fingerprint density at radius 1 is 1.00 bits per heavy atom. The fourth-order valence-corrected chi connectivity index (χ4v) is 2.99. The Hall–Kier alpha value is -3.61. The summed E-state index contributed by atoms with van der Waals surface area (Å²) in [6, 6.07) is 12.0. The number of aryl methyl sites for hydroxylation is 1. The van der Waals surface area contributed by atoms with Gasteiger partial charge in [-0.2, -0.15) is 0 Å². The molecule has 5 nitrogen and oxygen atoms in total. The lowest BCUT2D eigenvalue weighted by molar-refractivity contribution is 0.102. The van der Waals surface area contributed by atoms with Crippen molar-refractivity contribution in [3.8, 4) is 11.4 Å². The summed E-state index contributed by atoms with van der Waals surface area (Å²) in [5.74, 6) is -1.39. The van der Waals surface area contributed by atoms with Gasteiger partial charge in [0.1, 0.15) is 11.6 Å². The molecule has 140 valence electrons. The summed E-state index contributed by atoms with van der Waals surface area (Å²) in [6.07, 6.45) is 1.60. The molecular weight excluding hydrogens is 362 g/mol. The Labute approximate surface area is 159 Å². The minimum atomic E-state index is -0.698. The van der Waals surface area contributed by atoms with Gasteiger partial charge in [0, 0.05) is 29.1 Å². The van der Waals surface area contributed by atoms with E-state index < -0.39 is 11.6 Å². The standard InChI is InChI=1S/C21H16F2N4O/c1-12-4-3-5-18(13(12)2)24-21(28)14-6-7-27-19(10-14)25-26-20(27)15-8-16(22)11-17(23)9-15/h3-11H,1-2H3,(H,24,28). The van der Waals surface area contributed by atoms with E-state index >= 15 is 0 Å². The number of nitrogens with one attached hydrogen (secondary N) is 1. The van der Waals surface area contributed by atoms with E-state index in [1.54, 1.807) is 22.7 Å². The average molecular weight is 378 g/mol. The van der Waals surface area contributed by atoms with E-state index in [1.807, 2.05) is 32.0 Å². The number of pyridine rings is 1. The molecule has 0 radical (unpaired) electrons. The lowest BCUT2D eigenvalue weighted by Gasteiger charge is -2.10. The van der Waals surface area contributed by atoms with Gasteiger partial charge in [0.05, 0.1) is 0 Å². The second-order valence-electron chi connectivity index (χ2n) is 6.53. The second kappa shape index (κ2) is 6.84. The molecule has 0 atom stereocenters. The first kappa shape index (κ1) is 17.8. The minimum Gasteiger partial charge on any atom is -0.322 e. The third-order valence-corrected chi connectivity index (χ3v) is 4.65. The zero-order chi connectivity index (χ0) is 19.8. The molecule has 1 N–H and O–H groups in total. The number of amides is 1. The number of rotatable bonds is 3. The average Bonchev–Trinajstić information content (AvgIpc) is 3.08. The van der Waals surface area contributed by atoms with E-state index in [4.69, 9.17) is 0 Å². The van der Waals surface area contributed by atoms with Crippen molar-refractivity contribution >= 4 is 17.2 Å². The van der Waals surface area contributed by atoms with E-state index in [-0.39, 0.29) is 17.3 Å². The maximum atomic E-state index is 13.5. The highest BCUT2D eigenvalue weighted by Crippen LogP contribution is 2.22. The molecule has 0 bridgehead atoms. The van der Waals surface area contributed by atoms with Crippen LogP contribution in [0.1, 0.15) is 21.5 Å². The number of carbonyl (C=O) groups is 1. The summed E-state index contributed by atoms with van der Waals surface area (Å²) in [5, 5.41) is 10.9. The number of benzene rings is 2. The van der Waals surface area contributed by atoms with Crippen LogP contribution in [-0.4, -0.2) is 20.5 Å². The normalized spacial score (nSPS) is 11.0. The molecule has 0 unspecified atom stereocenters. The third kappa shape index (κ3) is 3.22. The van der Waals surface area contributed by atoms with Gasteiger partial charge in [-0.3, -0.25) is 9.20 Å². The first-order chi connectivity index (χ1) is 13.4. The van der Waals surface area contributed by atoms with Crippen LogP contribution in [0.4, 0.5) is 14.5 Å². The zero-order valence-electron chi connectivity index (χ0n) is 15.2. The van der Waals surface area contributed by atoms with Crippen molar-refractivity contribution in [1.29, 1.82) is 0 Å². The van der Waals surface area contributed by atoms with Crippen molar-refractivity contribution in [3.05, 3.63) is 83.1 Å². The predicted octanol–water partition coefficient (Wildman–Crippen LogP) is 4.54. The van der Waals surface area contributed by atoms with Gasteiger partial charge in [-0.05, 0) is 55.3 Å². The number of nitrogens with zero attached hydrogens (tertiary/aromatic N) is 3. The Morgan fingerprint density at radius 2 is 1.75 bits per heavy atom. The summed E-state index contributed by atoms with van der Waals surface area (Å²) in [4.78, 5) is 12.6. The molecule has 2 aromatic carbocycles. The van der Waals surface area contributed by atoms with Gasteiger partial charge in [-0.1, -0.05) is 12.1 Å². The molecule has 2 heterocycles. The number of anilines is 1. The van der Waals surface area contributed by atoms with Crippen molar-refractivity contribution in [2.45, 2.75) is 13.8 Å². The van der Waals surface area contributed by atoms with Gasteiger partial charge >= 0.3 is 0 Å². The molecule has 0 aliphatic heterocycles. The van der Waals surface area contributed by atoms with Gasteiger partial charge in [0.25, 0.3) is 5.91 Å². The van der Waals surface area contributed by atoms with Crippen LogP contribution >= 0.6 is 0 Å². The summed E-state index contributed by atoms with van der Waals surface area (Å²) in [6.45, 7) is 3.92. The van der Waals surface area contributed by atoms with E-state index in [0.29, 0.717) is 11.2 Å². The monoisotopic (exact) mass is 378 g/mol. The number of halogens is 2. The molecule has 28 heavy (non-hydrogen) atoms. The maximum absolute atomic E-state index is 13.5. The molecule has 0 saturated heterocycles. The van der Waals surface area contributed by atoms with Crippen LogP contribution in [0.3, 0.4) is 0 Å². The van der Waals surface area contributed by atoms with Gasteiger partial charge in [-0.15, -0.1) is 10.2 Å². The van der Waals surface area contributed by atoms with Crippen LogP contribution in [0.15, 0.2) is 54.7 Å². The highest BCUT2D eigenvalue weighted by atomic mass is 19.1. The van der Waals surface area contributed by atoms with Gasteiger partial charge in [-0.25, -0.2) is 8.78 Å². The van der Waals surface area contributed by atoms with Crippen molar-refractivity contribution in [2.24, 2.45) is 0 Å². The van der Waals surface area contributed by atoms with Crippen LogP contribution in [0, 0.1) is 25.5 Å². The molecule has 2 aromatic heterocycles.